The average Bonchev–Trinajstić information content (AvgIpc) is 3.75. The summed E-state index contributed by atoms with van der Waals surface area (Å²) in [7, 11) is 0. The highest BCUT2D eigenvalue weighted by atomic mass is 32.2. The molecule has 4 aromatic carbocycles. The van der Waals surface area contributed by atoms with Crippen LogP contribution in [0.1, 0.15) is 0 Å². The lowest BCUT2D eigenvalue weighted by Gasteiger charge is -2.00. The van der Waals surface area contributed by atoms with Gasteiger partial charge < -0.3 is 4.98 Å². The van der Waals surface area contributed by atoms with Crippen LogP contribution in [-0.4, -0.2) is 45.1 Å². The van der Waals surface area contributed by atoms with Crippen LogP contribution in [-0.2, 0) is 0 Å². The first-order valence-electron chi connectivity index (χ1n) is 13.5. The van der Waals surface area contributed by atoms with Gasteiger partial charge in [-0.15, -0.1) is 0 Å². The van der Waals surface area contributed by atoms with Crippen molar-refractivity contribution in [3.8, 4) is 45.6 Å². The second-order valence-electron chi connectivity index (χ2n) is 10.1. The van der Waals surface area contributed by atoms with Crippen molar-refractivity contribution in [2.45, 2.75) is 0 Å². The normalized spacial score (nSPS) is 12.0. The second kappa shape index (κ2) is 8.79. The first kappa shape index (κ1) is 23.3. The summed E-state index contributed by atoms with van der Waals surface area (Å²) < 4.78 is 2.06. The summed E-state index contributed by atoms with van der Waals surface area (Å²) in [5, 5.41) is 3.89. The van der Waals surface area contributed by atoms with Gasteiger partial charge in [0.05, 0.1) is 0 Å². The molecule has 0 unspecified atom stereocenters. The van der Waals surface area contributed by atoms with Gasteiger partial charge in [0.2, 0.25) is 0 Å². The van der Waals surface area contributed by atoms with E-state index in [1.165, 1.54) is 0 Å². The van der Waals surface area contributed by atoms with E-state index in [-0.39, 0.29) is 0 Å². The minimum absolute atomic E-state index is 0.602. The Hall–Kier alpha value is -5.41. The first-order valence-corrected chi connectivity index (χ1v) is 14.7. The van der Waals surface area contributed by atoms with Gasteiger partial charge in [-0.3, -0.25) is 3.97 Å². The van der Waals surface area contributed by atoms with E-state index in [0.717, 1.165) is 55.1 Å². The number of aromatic nitrogens is 8. The third-order valence-corrected chi connectivity index (χ3v) is 8.46. The Kier molecular flexibility index (Phi) is 4.88. The van der Waals surface area contributed by atoms with E-state index < -0.39 is 0 Å². The fourth-order valence-electron chi connectivity index (χ4n) is 5.84. The van der Waals surface area contributed by atoms with E-state index in [4.69, 9.17) is 29.9 Å². The van der Waals surface area contributed by atoms with Crippen molar-refractivity contribution >= 4 is 56.1 Å². The molecule has 0 aliphatic carbocycles. The Morgan fingerprint density at radius 2 is 0.810 bits per heavy atom. The predicted molar refractivity (Wildman–Crippen MR) is 169 cm³/mol. The van der Waals surface area contributed by atoms with Crippen molar-refractivity contribution in [1.82, 2.24) is 38.9 Å². The monoisotopic (exact) mass is 560 g/mol. The summed E-state index contributed by atoms with van der Waals surface area (Å²) in [5.74, 6) is 2.43. The van der Waals surface area contributed by atoms with Crippen LogP contribution in [0, 0.1) is 0 Å². The summed E-state index contributed by atoms with van der Waals surface area (Å²) in [5.41, 5.74) is 6.65. The minimum atomic E-state index is 0.602. The zero-order chi connectivity index (χ0) is 27.8. The number of nitrogens with one attached hydrogen (secondary N) is 1. The molecule has 8 nitrogen and oxygen atoms in total. The molecule has 0 saturated heterocycles. The lowest BCUT2D eigenvalue weighted by atomic mass is 10.1. The van der Waals surface area contributed by atoms with Gasteiger partial charge in [-0.25, -0.2) is 29.9 Å². The topological polar surface area (TPSA) is 98.1 Å². The molecule has 42 heavy (non-hydrogen) atoms. The molecule has 0 radical (unpaired) electrons. The maximum Gasteiger partial charge on any atom is 0.164 e. The Morgan fingerprint density at radius 1 is 0.452 bits per heavy atom. The molecule has 9 heteroatoms. The summed E-state index contributed by atoms with van der Waals surface area (Å²) in [6.45, 7) is 0. The number of hydrogen-bond donors (Lipinski definition) is 1. The van der Waals surface area contributed by atoms with Gasteiger partial charge >= 0.3 is 0 Å². The third-order valence-electron chi connectivity index (χ3n) is 7.75. The lowest BCUT2D eigenvalue weighted by molar-refractivity contribution is 1.18. The number of nitrogens with zero attached hydrogens (tertiary/aromatic N) is 7. The molecule has 198 valence electrons. The van der Waals surface area contributed by atoms with E-state index in [1.54, 1.807) is 11.9 Å². The van der Waals surface area contributed by atoms with Crippen LogP contribution in [0.3, 0.4) is 0 Å². The van der Waals surface area contributed by atoms with Gasteiger partial charge in [-0.2, -0.15) is 0 Å². The molecule has 1 N–H and O–H groups in total. The smallest absolute Gasteiger partial charge is 0.164 e. The quantitative estimate of drug-likeness (QED) is 0.222. The molecule has 0 spiro atoms. The maximum atomic E-state index is 5.18. The lowest BCUT2D eigenvalue weighted by Crippen LogP contribution is -1.91. The maximum absolute atomic E-state index is 5.18. The number of rotatable bonds is 1. The number of H-pyrrole nitrogens is 1. The molecule has 9 rings (SSSR count). The molecule has 2 aliphatic heterocycles. The van der Waals surface area contributed by atoms with Crippen molar-refractivity contribution in [2.24, 2.45) is 0 Å². The van der Waals surface area contributed by atoms with Crippen LogP contribution < -0.4 is 0 Å². The highest BCUT2D eigenvalue weighted by Gasteiger charge is 2.22. The summed E-state index contributed by atoms with van der Waals surface area (Å²) in [4.78, 5) is 33.9. The fraction of sp³-hybridized carbons (Fsp3) is 0.0303. The standard InChI is InChI=1S/C33H20N8S/c1-42-41-32-24-16-8-9-17-25(24)33(41)40-31-23-15-7-5-13-21(23)29(38-31)36-27-19-11-3-2-10-18(19)26(34-27)35-28-20-12-4-6-14-22(20)30(37-28)39-32/h2-17H,1H3,(H,34,35,36,37,38,39,40). The molecule has 2 aliphatic rings. The Balaban J connectivity index is 1.54. The molecular weight excluding hydrogens is 540 g/mol. The number of benzene rings is 4. The van der Waals surface area contributed by atoms with Crippen molar-refractivity contribution < 1.29 is 0 Å². The van der Waals surface area contributed by atoms with Gasteiger partial charge in [0.1, 0.15) is 11.3 Å². The van der Waals surface area contributed by atoms with E-state index in [9.17, 15) is 0 Å². The largest absolute Gasteiger partial charge is 0.324 e. The first-order chi connectivity index (χ1) is 20.8. The molecule has 7 aromatic rings. The zero-order valence-corrected chi connectivity index (χ0v) is 23.1. The van der Waals surface area contributed by atoms with Crippen molar-refractivity contribution in [2.75, 3.05) is 6.26 Å². The van der Waals surface area contributed by atoms with E-state index in [0.29, 0.717) is 34.6 Å². The van der Waals surface area contributed by atoms with Crippen molar-refractivity contribution in [1.29, 1.82) is 0 Å². The van der Waals surface area contributed by atoms with E-state index >= 15 is 0 Å². The Morgan fingerprint density at radius 3 is 1.21 bits per heavy atom. The molecule has 5 heterocycles. The van der Waals surface area contributed by atoms with E-state index in [1.807, 2.05) is 91.2 Å². The van der Waals surface area contributed by atoms with Crippen molar-refractivity contribution in [3.05, 3.63) is 97.1 Å². The third kappa shape index (κ3) is 3.31. The fourth-order valence-corrected chi connectivity index (χ4v) is 6.46. The Labute approximate surface area is 243 Å². The van der Waals surface area contributed by atoms with Gasteiger partial charge in [-0.1, -0.05) is 97.1 Å². The van der Waals surface area contributed by atoms with Gasteiger partial charge in [0.25, 0.3) is 0 Å². The summed E-state index contributed by atoms with van der Waals surface area (Å²) >= 11 is 1.55. The highest BCUT2D eigenvalue weighted by Crippen LogP contribution is 2.37. The molecule has 0 atom stereocenters. The van der Waals surface area contributed by atoms with Gasteiger partial charge in [0, 0.05) is 50.1 Å². The Bertz CT molecular complexity index is 2260. The molecule has 0 amide bonds. The molecule has 3 aromatic heterocycles. The van der Waals surface area contributed by atoms with Crippen LogP contribution >= 0.6 is 11.9 Å². The summed E-state index contributed by atoms with van der Waals surface area (Å²) in [6.07, 6.45) is 2.03. The van der Waals surface area contributed by atoms with Crippen LogP contribution in [0.15, 0.2) is 97.1 Å². The molecule has 8 bridgehead atoms. The van der Waals surface area contributed by atoms with Gasteiger partial charge in [-0.05, 0) is 11.9 Å². The molecule has 0 fully saturated rings. The number of hydrogen-bond acceptors (Lipinski definition) is 7. The van der Waals surface area contributed by atoms with Crippen LogP contribution in [0.4, 0.5) is 0 Å². The number of aromatic amines is 1. The van der Waals surface area contributed by atoms with Crippen molar-refractivity contribution in [3.63, 3.8) is 0 Å². The molecule has 0 saturated carbocycles. The average molecular weight is 561 g/mol. The summed E-state index contributed by atoms with van der Waals surface area (Å²) in [6, 6.07) is 32.5. The van der Waals surface area contributed by atoms with Gasteiger partial charge in [0.15, 0.2) is 34.6 Å². The van der Waals surface area contributed by atoms with Crippen LogP contribution in [0.2, 0.25) is 0 Å². The van der Waals surface area contributed by atoms with E-state index in [2.05, 4.69) is 21.1 Å². The number of fused-ring (bicyclic) bond motifs is 20. The van der Waals surface area contributed by atoms with Crippen LogP contribution in [0.25, 0.3) is 89.7 Å². The highest BCUT2D eigenvalue weighted by molar-refractivity contribution is 7.97. The zero-order valence-electron chi connectivity index (χ0n) is 22.3. The van der Waals surface area contributed by atoms with Crippen LogP contribution in [0.5, 0.6) is 0 Å². The minimum Gasteiger partial charge on any atom is -0.324 e. The molecular formula is C33H20N8S. The second-order valence-corrected chi connectivity index (χ2v) is 10.8. The predicted octanol–water partition coefficient (Wildman–Crippen LogP) is 7.47. The SMILES string of the molecule is CSn1c2nc3nc(nc4[nH]c(nc5nc(nc1c1ccccc12)-c1ccccc1-5)c1ccccc41)-c1ccccc1-3.